The van der Waals surface area contributed by atoms with Gasteiger partial charge in [-0.2, -0.15) is 0 Å². The first-order valence-corrected chi connectivity index (χ1v) is 9.71. The van der Waals surface area contributed by atoms with Gasteiger partial charge in [0, 0.05) is 5.73 Å². The summed E-state index contributed by atoms with van der Waals surface area (Å²) in [7, 11) is 0. The standard InChI is InChI=1S/C3H10OP2S2/c1-5(2,7)6(3,4)8/h1-3H3,(H,4,8). The van der Waals surface area contributed by atoms with Gasteiger partial charge in [0.15, 0.2) is 0 Å². The van der Waals surface area contributed by atoms with Crippen LogP contribution in [-0.4, -0.2) is 24.9 Å². The molecule has 0 spiro atoms. The molecule has 0 aliphatic rings. The van der Waals surface area contributed by atoms with Crippen LogP contribution >= 0.6 is 11.7 Å². The fourth-order valence-electron chi connectivity index (χ4n) is 0. The SMILES string of the molecule is CP(C)(=S)P(C)(O)=S. The molecule has 0 aliphatic carbocycles. The summed E-state index contributed by atoms with van der Waals surface area (Å²) in [4.78, 5) is 9.23. The highest BCUT2D eigenvalue weighted by atomic mass is 32.8. The first-order valence-electron chi connectivity index (χ1n) is 2.11. The van der Waals surface area contributed by atoms with Crippen LogP contribution in [0.15, 0.2) is 0 Å². The van der Waals surface area contributed by atoms with Crippen molar-refractivity contribution >= 4 is 35.3 Å². The lowest BCUT2D eigenvalue weighted by Gasteiger charge is -2.17. The highest BCUT2D eigenvalue weighted by Crippen LogP contribution is 2.73. The Morgan fingerprint density at radius 1 is 1.12 bits per heavy atom. The third-order valence-corrected chi connectivity index (χ3v) is 15.5. The molecule has 0 aliphatic heterocycles. The molecule has 1 unspecified atom stereocenters. The summed E-state index contributed by atoms with van der Waals surface area (Å²) in [5, 5.41) is 0. The molecular weight excluding hydrogens is 178 g/mol. The Bertz CT molecular complexity index is 144. The maximum Gasteiger partial charge on any atom is 0.0898 e. The summed E-state index contributed by atoms with van der Waals surface area (Å²) in [5.41, 5.74) is -1.53. The van der Waals surface area contributed by atoms with E-state index in [2.05, 4.69) is 0 Å². The van der Waals surface area contributed by atoms with Crippen molar-refractivity contribution in [3.63, 3.8) is 0 Å². The molecular formula is C3H10OP2S2. The Morgan fingerprint density at radius 3 is 1.25 bits per heavy atom. The van der Waals surface area contributed by atoms with E-state index in [1.165, 1.54) is 0 Å². The van der Waals surface area contributed by atoms with Gasteiger partial charge in [0.1, 0.15) is 0 Å². The lowest BCUT2D eigenvalue weighted by atomic mass is 11.9. The van der Waals surface area contributed by atoms with Gasteiger partial charge in [-0.3, -0.25) is 0 Å². The van der Waals surface area contributed by atoms with Crippen molar-refractivity contribution in [3.8, 4) is 0 Å². The van der Waals surface area contributed by atoms with Gasteiger partial charge in [0.2, 0.25) is 0 Å². The Kier molecular flexibility index (Phi) is 2.87. The molecule has 0 aromatic carbocycles. The van der Waals surface area contributed by atoms with Crippen LogP contribution in [-0.2, 0) is 23.6 Å². The van der Waals surface area contributed by atoms with Crippen LogP contribution < -0.4 is 0 Å². The molecule has 50 valence electrons. The molecule has 8 heavy (non-hydrogen) atoms. The third-order valence-electron chi connectivity index (χ3n) is 0.894. The van der Waals surface area contributed by atoms with Crippen LogP contribution in [0.4, 0.5) is 0 Å². The second-order valence-electron chi connectivity index (χ2n) is 2.13. The summed E-state index contributed by atoms with van der Waals surface area (Å²) in [6.07, 6.45) is 0. The smallest absolute Gasteiger partial charge is 0.0898 e. The van der Waals surface area contributed by atoms with E-state index in [-0.39, 0.29) is 0 Å². The molecule has 5 heteroatoms. The van der Waals surface area contributed by atoms with Crippen LogP contribution in [0.5, 0.6) is 0 Å². The van der Waals surface area contributed by atoms with Crippen molar-refractivity contribution in [3.05, 3.63) is 0 Å². The summed E-state index contributed by atoms with van der Waals surface area (Å²) >= 11 is 9.86. The zero-order valence-corrected chi connectivity index (χ0v) is 8.58. The molecule has 0 aromatic heterocycles. The number of rotatable bonds is 1. The van der Waals surface area contributed by atoms with Gasteiger partial charge in [-0.1, -0.05) is 23.6 Å². The molecule has 1 nitrogen and oxygen atoms in total. The topological polar surface area (TPSA) is 20.2 Å². The summed E-state index contributed by atoms with van der Waals surface area (Å²) in [6.45, 7) is 5.48. The molecule has 0 bridgehead atoms. The fraction of sp³-hybridized carbons (Fsp3) is 1.00. The first kappa shape index (κ1) is 9.26. The molecule has 0 amide bonds. The van der Waals surface area contributed by atoms with Crippen molar-refractivity contribution in [2.45, 2.75) is 0 Å². The number of hydrogen-bond acceptors (Lipinski definition) is 2. The Labute approximate surface area is 60.5 Å². The van der Waals surface area contributed by atoms with Gasteiger partial charge in [0.25, 0.3) is 0 Å². The van der Waals surface area contributed by atoms with Crippen molar-refractivity contribution < 1.29 is 4.89 Å². The molecule has 1 N–H and O–H groups in total. The summed E-state index contributed by atoms with van der Waals surface area (Å²) in [5.74, 6) is -2.09. The minimum atomic E-state index is -2.09. The largest absolute Gasteiger partial charge is 0.361 e. The molecule has 0 saturated carbocycles. The maximum atomic E-state index is 9.23. The van der Waals surface area contributed by atoms with Crippen LogP contribution in [0, 0.1) is 0 Å². The maximum absolute atomic E-state index is 9.23. The van der Waals surface area contributed by atoms with Gasteiger partial charge in [-0.05, 0) is 20.0 Å². The predicted octanol–water partition coefficient (Wildman–Crippen LogP) is 1.66. The van der Waals surface area contributed by atoms with Crippen LogP contribution in [0.25, 0.3) is 0 Å². The minimum absolute atomic E-state index is 1.53. The van der Waals surface area contributed by atoms with Gasteiger partial charge < -0.3 is 4.89 Å². The highest BCUT2D eigenvalue weighted by molar-refractivity contribution is 8.64. The first-order chi connectivity index (χ1) is 3.25. The third kappa shape index (κ3) is 2.70. The normalized spacial score (nSPS) is 20.0. The van der Waals surface area contributed by atoms with Crippen molar-refractivity contribution in [1.29, 1.82) is 0 Å². The number of hydrogen-bond donors (Lipinski definition) is 1. The van der Waals surface area contributed by atoms with Gasteiger partial charge in [-0.15, -0.1) is 0 Å². The average molecular weight is 188 g/mol. The van der Waals surface area contributed by atoms with Crippen LogP contribution in [0.3, 0.4) is 0 Å². The quantitative estimate of drug-likeness (QED) is 0.632. The molecule has 0 fully saturated rings. The minimum Gasteiger partial charge on any atom is -0.361 e. The van der Waals surface area contributed by atoms with Gasteiger partial charge in [-0.25, -0.2) is 0 Å². The summed E-state index contributed by atoms with van der Waals surface area (Å²) < 4.78 is 0. The van der Waals surface area contributed by atoms with Crippen molar-refractivity contribution in [1.82, 2.24) is 0 Å². The Balaban J connectivity index is 4.53. The molecule has 0 radical (unpaired) electrons. The van der Waals surface area contributed by atoms with E-state index in [0.717, 1.165) is 0 Å². The molecule has 0 heterocycles. The van der Waals surface area contributed by atoms with E-state index in [1.54, 1.807) is 6.66 Å². The van der Waals surface area contributed by atoms with E-state index < -0.39 is 11.7 Å². The van der Waals surface area contributed by atoms with E-state index in [4.69, 9.17) is 23.6 Å². The fourth-order valence-corrected chi connectivity index (χ4v) is 0. The summed E-state index contributed by atoms with van der Waals surface area (Å²) in [6, 6.07) is 0. The van der Waals surface area contributed by atoms with E-state index in [9.17, 15) is 4.89 Å². The Hall–Kier alpha value is 1.26. The van der Waals surface area contributed by atoms with E-state index >= 15 is 0 Å². The molecule has 0 saturated heterocycles. The lowest BCUT2D eigenvalue weighted by Crippen LogP contribution is -1.74. The van der Waals surface area contributed by atoms with E-state index in [0.29, 0.717) is 0 Å². The molecule has 0 aromatic rings. The van der Waals surface area contributed by atoms with Crippen molar-refractivity contribution in [2.75, 3.05) is 20.0 Å². The molecule has 0 rings (SSSR count). The molecule has 1 atom stereocenters. The predicted molar refractivity (Wildman–Crippen MR) is 48.6 cm³/mol. The average Bonchev–Trinajstić information content (AvgIpc) is 1.25. The van der Waals surface area contributed by atoms with Gasteiger partial charge in [0.05, 0.1) is 5.95 Å². The monoisotopic (exact) mass is 188 g/mol. The van der Waals surface area contributed by atoms with E-state index in [1.807, 2.05) is 13.3 Å². The van der Waals surface area contributed by atoms with Gasteiger partial charge >= 0.3 is 0 Å². The highest BCUT2D eigenvalue weighted by Gasteiger charge is 2.16. The van der Waals surface area contributed by atoms with Crippen LogP contribution in [0.1, 0.15) is 0 Å². The second kappa shape index (κ2) is 2.48. The second-order valence-corrected chi connectivity index (χ2v) is 18.2. The zero-order valence-electron chi connectivity index (χ0n) is 5.16. The van der Waals surface area contributed by atoms with Crippen molar-refractivity contribution in [2.24, 2.45) is 0 Å². The lowest BCUT2D eigenvalue weighted by molar-refractivity contribution is 0.643. The zero-order chi connectivity index (χ0) is 7.00. The Morgan fingerprint density at radius 2 is 1.25 bits per heavy atom. The van der Waals surface area contributed by atoms with Crippen LogP contribution in [0.2, 0.25) is 0 Å².